The third-order valence-corrected chi connectivity index (χ3v) is 2.21. The molecule has 0 aromatic rings. The molecule has 1 saturated heterocycles. The summed E-state index contributed by atoms with van der Waals surface area (Å²) in [5, 5.41) is 0. The minimum absolute atomic E-state index is 0.0191. The van der Waals surface area contributed by atoms with E-state index in [-0.39, 0.29) is 18.0 Å². The Kier molecular flexibility index (Phi) is 2.92. The van der Waals surface area contributed by atoms with Crippen LogP contribution >= 0.6 is 0 Å². The predicted octanol–water partition coefficient (Wildman–Crippen LogP) is 2.13. The van der Waals surface area contributed by atoms with Gasteiger partial charge in [-0.25, -0.2) is 0 Å². The highest BCUT2D eigenvalue weighted by atomic mass is 16.5. The number of hydrogen-bond acceptors (Lipinski definition) is 2. The van der Waals surface area contributed by atoms with Crippen molar-refractivity contribution in [1.29, 1.82) is 0 Å². The Morgan fingerprint density at radius 3 is 2.82 bits per heavy atom. The Balaban J connectivity index is 2.38. The summed E-state index contributed by atoms with van der Waals surface area (Å²) in [5.41, 5.74) is 0. The lowest BCUT2D eigenvalue weighted by Crippen LogP contribution is -2.29. The van der Waals surface area contributed by atoms with E-state index in [4.69, 9.17) is 4.74 Å². The highest BCUT2D eigenvalue weighted by Gasteiger charge is 2.26. The molecule has 0 saturated carbocycles. The van der Waals surface area contributed by atoms with Gasteiger partial charge in [-0.1, -0.05) is 13.3 Å². The second kappa shape index (κ2) is 3.74. The molecule has 1 fully saturated rings. The summed E-state index contributed by atoms with van der Waals surface area (Å²) >= 11 is 0. The van der Waals surface area contributed by atoms with Gasteiger partial charge in [0, 0.05) is 0 Å². The van der Waals surface area contributed by atoms with E-state index < -0.39 is 0 Å². The van der Waals surface area contributed by atoms with Crippen molar-refractivity contribution in [1.82, 2.24) is 0 Å². The Bertz CT molecular complexity index is 142. The van der Waals surface area contributed by atoms with E-state index in [1.807, 2.05) is 6.92 Å². The van der Waals surface area contributed by atoms with E-state index >= 15 is 0 Å². The zero-order chi connectivity index (χ0) is 8.27. The summed E-state index contributed by atoms with van der Waals surface area (Å²) in [7, 11) is 0. The van der Waals surface area contributed by atoms with E-state index in [9.17, 15) is 4.79 Å². The van der Waals surface area contributed by atoms with Crippen LogP contribution in [0.25, 0.3) is 0 Å². The molecule has 0 bridgehead atoms. The Morgan fingerprint density at radius 1 is 1.55 bits per heavy atom. The highest BCUT2D eigenvalue weighted by Crippen LogP contribution is 2.23. The summed E-state index contributed by atoms with van der Waals surface area (Å²) in [4.78, 5) is 11.2. The minimum Gasteiger partial charge on any atom is -0.462 e. The first-order chi connectivity index (χ1) is 5.24. The molecule has 1 heterocycles. The van der Waals surface area contributed by atoms with Crippen LogP contribution in [0.15, 0.2) is 0 Å². The topological polar surface area (TPSA) is 26.3 Å². The zero-order valence-electron chi connectivity index (χ0n) is 7.30. The van der Waals surface area contributed by atoms with Crippen LogP contribution in [-0.4, -0.2) is 12.1 Å². The smallest absolute Gasteiger partial charge is 0.309 e. The molecule has 1 aliphatic rings. The average Bonchev–Trinajstić information content (AvgIpc) is 1.95. The molecule has 2 heteroatoms. The van der Waals surface area contributed by atoms with E-state index in [0.29, 0.717) is 0 Å². The molecule has 0 aromatic heterocycles. The molecular formula is C9H16O2. The van der Waals surface area contributed by atoms with Crippen molar-refractivity contribution in [2.75, 3.05) is 0 Å². The fourth-order valence-electron chi connectivity index (χ4n) is 1.52. The first kappa shape index (κ1) is 8.57. The lowest BCUT2D eigenvalue weighted by atomic mass is 9.94. The molecule has 1 rings (SSSR count). The summed E-state index contributed by atoms with van der Waals surface area (Å²) in [5.74, 6) is 0.210. The van der Waals surface area contributed by atoms with Crippen LogP contribution in [0.2, 0.25) is 0 Å². The molecule has 0 N–H and O–H groups in total. The predicted molar refractivity (Wildman–Crippen MR) is 43.2 cm³/mol. The number of esters is 1. The molecular weight excluding hydrogens is 140 g/mol. The molecule has 1 aliphatic heterocycles. The average molecular weight is 156 g/mol. The van der Waals surface area contributed by atoms with Crippen LogP contribution in [-0.2, 0) is 9.53 Å². The first-order valence-corrected chi connectivity index (χ1v) is 4.44. The third-order valence-electron chi connectivity index (χ3n) is 2.21. The quantitative estimate of drug-likeness (QED) is 0.572. The Hall–Kier alpha value is -0.530. The zero-order valence-corrected chi connectivity index (χ0v) is 7.30. The number of carbonyl (C=O) groups excluding carboxylic acids is 1. The SMILES string of the molecule is CCC[C@@H]1CC[C@@H](C)OC1=O. The van der Waals surface area contributed by atoms with Gasteiger partial charge in [0.15, 0.2) is 0 Å². The van der Waals surface area contributed by atoms with Gasteiger partial charge < -0.3 is 4.74 Å². The van der Waals surface area contributed by atoms with Gasteiger partial charge >= 0.3 is 5.97 Å². The number of ether oxygens (including phenoxy) is 1. The van der Waals surface area contributed by atoms with Gasteiger partial charge in [0.2, 0.25) is 0 Å². The Labute approximate surface area is 67.9 Å². The van der Waals surface area contributed by atoms with E-state index in [0.717, 1.165) is 25.7 Å². The van der Waals surface area contributed by atoms with Crippen molar-refractivity contribution in [2.24, 2.45) is 5.92 Å². The van der Waals surface area contributed by atoms with E-state index in [2.05, 4.69) is 6.92 Å². The lowest BCUT2D eigenvalue weighted by Gasteiger charge is -2.25. The summed E-state index contributed by atoms with van der Waals surface area (Å²) < 4.78 is 5.11. The van der Waals surface area contributed by atoms with Crippen molar-refractivity contribution < 1.29 is 9.53 Å². The monoisotopic (exact) mass is 156 g/mol. The lowest BCUT2D eigenvalue weighted by molar-refractivity contribution is -0.159. The largest absolute Gasteiger partial charge is 0.462 e. The molecule has 0 unspecified atom stereocenters. The van der Waals surface area contributed by atoms with Crippen molar-refractivity contribution >= 4 is 5.97 Å². The minimum atomic E-state index is 0.0191. The molecule has 2 atom stereocenters. The van der Waals surface area contributed by atoms with Gasteiger partial charge in [0.05, 0.1) is 12.0 Å². The summed E-state index contributed by atoms with van der Waals surface area (Å²) in [6.45, 7) is 4.06. The second-order valence-electron chi connectivity index (χ2n) is 3.31. The molecule has 2 nitrogen and oxygen atoms in total. The number of cyclic esters (lactones) is 1. The van der Waals surface area contributed by atoms with Crippen LogP contribution in [0.3, 0.4) is 0 Å². The van der Waals surface area contributed by atoms with Gasteiger partial charge in [0.1, 0.15) is 0 Å². The standard InChI is InChI=1S/C9H16O2/c1-3-4-8-6-5-7(2)11-9(8)10/h7-8H,3-6H2,1-2H3/t7-,8-/m1/s1. The fourth-order valence-corrected chi connectivity index (χ4v) is 1.52. The molecule has 11 heavy (non-hydrogen) atoms. The van der Waals surface area contributed by atoms with Crippen LogP contribution in [0.5, 0.6) is 0 Å². The van der Waals surface area contributed by atoms with Crippen molar-refractivity contribution in [2.45, 2.75) is 45.6 Å². The van der Waals surface area contributed by atoms with E-state index in [1.54, 1.807) is 0 Å². The third kappa shape index (κ3) is 2.21. The molecule has 0 aliphatic carbocycles. The van der Waals surface area contributed by atoms with Crippen LogP contribution in [0, 0.1) is 5.92 Å². The van der Waals surface area contributed by atoms with Gasteiger partial charge in [-0.2, -0.15) is 0 Å². The molecule has 0 radical (unpaired) electrons. The summed E-state index contributed by atoms with van der Waals surface area (Å²) in [6.07, 6.45) is 4.28. The fraction of sp³-hybridized carbons (Fsp3) is 0.889. The molecule has 0 amide bonds. The van der Waals surface area contributed by atoms with Crippen LogP contribution in [0.1, 0.15) is 39.5 Å². The maximum Gasteiger partial charge on any atom is 0.309 e. The normalized spacial score (nSPS) is 31.6. The number of hydrogen-bond donors (Lipinski definition) is 0. The van der Waals surface area contributed by atoms with Crippen molar-refractivity contribution in [3.05, 3.63) is 0 Å². The number of carbonyl (C=O) groups is 1. The Morgan fingerprint density at radius 2 is 2.27 bits per heavy atom. The second-order valence-corrected chi connectivity index (χ2v) is 3.31. The highest BCUT2D eigenvalue weighted by molar-refractivity contribution is 5.73. The number of rotatable bonds is 2. The van der Waals surface area contributed by atoms with Crippen molar-refractivity contribution in [3.63, 3.8) is 0 Å². The summed E-state index contributed by atoms with van der Waals surface area (Å²) in [6, 6.07) is 0. The van der Waals surface area contributed by atoms with Gasteiger partial charge in [-0.3, -0.25) is 4.79 Å². The maximum absolute atomic E-state index is 11.2. The van der Waals surface area contributed by atoms with E-state index in [1.165, 1.54) is 0 Å². The first-order valence-electron chi connectivity index (χ1n) is 4.44. The van der Waals surface area contributed by atoms with Crippen LogP contribution in [0.4, 0.5) is 0 Å². The van der Waals surface area contributed by atoms with Gasteiger partial charge in [-0.15, -0.1) is 0 Å². The van der Waals surface area contributed by atoms with Crippen molar-refractivity contribution in [3.8, 4) is 0 Å². The molecule has 0 aromatic carbocycles. The van der Waals surface area contributed by atoms with Gasteiger partial charge in [-0.05, 0) is 26.2 Å². The van der Waals surface area contributed by atoms with Gasteiger partial charge in [0.25, 0.3) is 0 Å². The molecule has 0 spiro atoms. The maximum atomic E-state index is 11.2. The van der Waals surface area contributed by atoms with Crippen LogP contribution < -0.4 is 0 Å². The molecule has 64 valence electrons.